The number of hydrogen-bond donors (Lipinski definition) is 3. The molecule has 1 fully saturated rings. The minimum atomic E-state index is -5.08. The Morgan fingerprint density at radius 3 is 2.65 bits per heavy atom. The number of aliphatic carboxylic acids is 1. The SMILES string of the molecule is COc1cccc(CNC2CCc3nc(NC4CC4)ncc3C2)c1.O=C(O)C(F)(F)F. The summed E-state index contributed by atoms with van der Waals surface area (Å²) in [5.41, 5.74) is 3.75. The van der Waals surface area contributed by atoms with E-state index in [1.54, 1.807) is 7.11 Å². The van der Waals surface area contributed by atoms with Crippen LogP contribution in [0.1, 0.15) is 36.1 Å². The molecule has 31 heavy (non-hydrogen) atoms. The van der Waals surface area contributed by atoms with Gasteiger partial charge in [0.2, 0.25) is 5.95 Å². The molecule has 10 heteroatoms. The molecule has 0 radical (unpaired) electrons. The Labute approximate surface area is 178 Å². The second kappa shape index (κ2) is 9.95. The molecule has 1 unspecified atom stereocenters. The first kappa shape index (κ1) is 22.8. The summed E-state index contributed by atoms with van der Waals surface area (Å²) in [5.74, 6) is -1.04. The molecule has 0 aliphatic heterocycles. The van der Waals surface area contributed by atoms with Gasteiger partial charge in [-0.15, -0.1) is 0 Å². The average Bonchev–Trinajstić information content (AvgIpc) is 3.56. The molecule has 1 saturated carbocycles. The van der Waals surface area contributed by atoms with Gasteiger partial charge in [-0.2, -0.15) is 13.2 Å². The van der Waals surface area contributed by atoms with Crippen LogP contribution in [0.4, 0.5) is 19.1 Å². The first-order valence-electron chi connectivity index (χ1n) is 10.0. The van der Waals surface area contributed by atoms with E-state index in [0.29, 0.717) is 12.1 Å². The summed E-state index contributed by atoms with van der Waals surface area (Å²) in [7, 11) is 1.71. The van der Waals surface area contributed by atoms with E-state index in [-0.39, 0.29) is 0 Å². The minimum Gasteiger partial charge on any atom is -0.497 e. The minimum absolute atomic E-state index is 0.481. The van der Waals surface area contributed by atoms with Gasteiger partial charge < -0.3 is 20.5 Å². The number of methoxy groups -OCH3 is 1. The van der Waals surface area contributed by atoms with Crippen LogP contribution in [-0.2, 0) is 24.2 Å². The normalized spacial score (nSPS) is 17.7. The largest absolute Gasteiger partial charge is 0.497 e. The summed E-state index contributed by atoms with van der Waals surface area (Å²) in [6, 6.07) is 9.31. The number of fused-ring (bicyclic) bond motifs is 1. The zero-order valence-electron chi connectivity index (χ0n) is 17.1. The number of nitrogens with zero attached hydrogens (tertiary/aromatic N) is 2. The topological polar surface area (TPSA) is 96.4 Å². The van der Waals surface area contributed by atoms with Crippen molar-refractivity contribution in [3.63, 3.8) is 0 Å². The number of benzene rings is 1. The molecule has 0 bridgehead atoms. The van der Waals surface area contributed by atoms with Crippen LogP contribution in [0, 0.1) is 0 Å². The first-order valence-corrected chi connectivity index (χ1v) is 10.0. The number of aromatic nitrogens is 2. The smallest absolute Gasteiger partial charge is 0.490 e. The Balaban J connectivity index is 0.000000339. The lowest BCUT2D eigenvalue weighted by Crippen LogP contribution is -2.34. The van der Waals surface area contributed by atoms with Crippen molar-refractivity contribution in [2.75, 3.05) is 12.4 Å². The molecule has 4 rings (SSSR count). The van der Waals surface area contributed by atoms with Gasteiger partial charge >= 0.3 is 12.1 Å². The summed E-state index contributed by atoms with van der Waals surface area (Å²) in [4.78, 5) is 18.1. The number of hydrogen-bond acceptors (Lipinski definition) is 6. The van der Waals surface area contributed by atoms with Crippen molar-refractivity contribution in [3.05, 3.63) is 47.3 Å². The number of carboxylic acids is 1. The highest BCUT2D eigenvalue weighted by Gasteiger charge is 2.38. The lowest BCUT2D eigenvalue weighted by Gasteiger charge is -2.25. The Kier molecular flexibility index (Phi) is 7.32. The Morgan fingerprint density at radius 1 is 1.26 bits per heavy atom. The zero-order chi connectivity index (χ0) is 22.4. The van der Waals surface area contributed by atoms with E-state index in [2.05, 4.69) is 27.8 Å². The third-order valence-corrected chi connectivity index (χ3v) is 5.03. The molecule has 0 amide bonds. The number of carboxylic acid groups (broad SMARTS) is 1. The molecule has 1 aromatic heterocycles. The van der Waals surface area contributed by atoms with Gasteiger partial charge in [-0.05, 0) is 55.4 Å². The number of anilines is 1. The average molecular weight is 438 g/mol. The van der Waals surface area contributed by atoms with Crippen LogP contribution in [0.15, 0.2) is 30.5 Å². The Morgan fingerprint density at radius 2 is 2.00 bits per heavy atom. The van der Waals surface area contributed by atoms with Crippen LogP contribution >= 0.6 is 0 Å². The maximum atomic E-state index is 10.6. The van der Waals surface area contributed by atoms with Crippen molar-refractivity contribution in [2.45, 2.75) is 56.9 Å². The molecular formula is C21H25F3N4O3. The predicted octanol–water partition coefficient (Wildman–Crippen LogP) is 3.34. The van der Waals surface area contributed by atoms with E-state index in [0.717, 1.165) is 37.5 Å². The fraction of sp³-hybridized carbons (Fsp3) is 0.476. The van der Waals surface area contributed by atoms with Crippen molar-refractivity contribution >= 4 is 11.9 Å². The number of carbonyl (C=O) groups is 1. The van der Waals surface area contributed by atoms with E-state index in [1.165, 1.54) is 29.7 Å². The summed E-state index contributed by atoms with van der Waals surface area (Å²) in [6.07, 6.45) is 2.56. The first-order chi connectivity index (χ1) is 14.7. The van der Waals surface area contributed by atoms with E-state index >= 15 is 0 Å². The molecule has 1 atom stereocenters. The highest BCUT2D eigenvalue weighted by Crippen LogP contribution is 2.25. The lowest BCUT2D eigenvalue weighted by atomic mass is 9.92. The number of ether oxygens (including phenoxy) is 1. The molecule has 7 nitrogen and oxygen atoms in total. The van der Waals surface area contributed by atoms with Crippen LogP contribution < -0.4 is 15.4 Å². The molecule has 168 valence electrons. The van der Waals surface area contributed by atoms with E-state index in [1.807, 2.05) is 18.3 Å². The second-order valence-electron chi connectivity index (χ2n) is 7.56. The number of nitrogens with one attached hydrogen (secondary N) is 2. The summed E-state index contributed by atoms with van der Waals surface area (Å²) in [6.45, 7) is 0.860. The molecular weight excluding hydrogens is 413 g/mol. The third-order valence-electron chi connectivity index (χ3n) is 5.03. The van der Waals surface area contributed by atoms with Crippen molar-refractivity contribution in [1.29, 1.82) is 0 Å². The van der Waals surface area contributed by atoms with Crippen LogP contribution in [0.5, 0.6) is 5.75 Å². The molecule has 2 aromatic rings. The Hall–Kier alpha value is -2.88. The highest BCUT2D eigenvalue weighted by molar-refractivity contribution is 5.73. The van der Waals surface area contributed by atoms with Crippen molar-refractivity contribution in [3.8, 4) is 5.75 Å². The number of alkyl halides is 3. The summed E-state index contributed by atoms with van der Waals surface area (Å²) in [5, 5.41) is 14.2. The van der Waals surface area contributed by atoms with E-state index in [9.17, 15) is 13.2 Å². The van der Waals surface area contributed by atoms with Gasteiger partial charge in [0.1, 0.15) is 5.75 Å². The summed E-state index contributed by atoms with van der Waals surface area (Å²) < 4.78 is 37.0. The fourth-order valence-corrected chi connectivity index (χ4v) is 3.21. The van der Waals surface area contributed by atoms with Gasteiger partial charge in [0.25, 0.3) is 0 Å². The monoisotopic (exact) mass is 438 g/mol. The fourth-order valence-electron chi connectivity index (χ4n) is 3.21. The molecule has 3 N–H and O–H groups in total. The maximum Gasteiger partial charge on any atom is 0.490 e. The van der Waals surface area contributed by atoms with Gasteiger partial charge in [-0.1, -0.05) is 12.1 Å². The van der Waals surface area contributed by atoms with Crippen LogP contribution in [0.3, 0.4) is 0 Å². The highest BCUT2D eigenvalue weighted by atomic mass is 19.4. The van der Waals surface area contributed by atoms with Crippen LogP contribution in [0.25, 0.3) is 0 Å². The molecule has 2 aliphatic rings. The number of halogens is 3. The van der Waals surface area contributed by atoms with Gasteiger partial charge in [-0.25, -0.2) is 14.8 Å². The Bertz CT molecular complexity index is 904. The zero-order valence-corrected chi connectivity index (χ0v) is 17.1. The van der Waals surface area contributed by atoms with E-state index < -0.39 is 12.1 Å². The summed E-state index contributed by atoms with van der Waals surface area (Å²) >= 11 is 0. The maximum absolute atomic E-state index is 10.6. The number of rotatable bonds is 6. The van der Waals surface area contributed by atoms with Crippen LogP contribution in [0.2, 0.25) is 0 Å². The molecule has 1 heterocycles. The van der Waals surface area contributed by atoms with Gasteiger partial charge in [0.05, 0.1) is 7.11 Å². The van der Waals surface area contributed by atoms with Gasteiger partial charge in [0.15, 0.2) is 0 Å². The van der Waals surface area contributed by atoms with Crippen molar-refractivity contribution in [2.24, 2.45) is 0 Å². The number of aryl methyl sites for hydroxylation is 1. The second-order valence-corrected chi connectivity index (χ2v) is 7.56. The quantitative estimate of drug-likeness (QED) is 0.637. The van der Waals surface area contributed by atoms with Crippen molar-refractivity contribution < 1.29 is 27.8 Å². The molecule has 0 saturated heterocycles. The van der Waals surface area contributed by atoms with Gasteiger partial charge in [0, 0.05) is 30.5 Å². The van der Waals surface area contributed by atoms with Crippen LogP contribution in [-0.4, -0.2) is 46.4 Å². The van der Waals surface area contributed by atoms with Gasteiger partial charge in [-0.3, -0.25) is 0 Å². The van der Waals surface area contributed by atoms with Crippen molar-refractivity contribution in [1.82, 2.24) is 15.3 Å². The molecule has 0 spiro atoms. The molecule has 1 aromatic carbocycles. The lowest BCUT2D eigenvalue weighted by molar-refractivity contribution is -0.192. The molecule has 2 aliphatic carbocycles. The third kappa shape index (κ3) is 7.09. The van der Waals surface area contributed by atoms with E-state index in [4.69, 9.17) is 19.6 Å². The predicted molar refractivity (Wildman–Crippen MR) is 108 cm³/mol. The standard InChI is InChI=1S/C19H24N4O.C2HF3O2/c1-24-17-4-2-3-13(9-17)11-20-16-7-8-18-14(10-16)12-21-19(23-18)22-15-5-6-15;3-2(4,5)1(6)7/h2-4,9,12,15-16,20H,5-8,10-11H2,1H3,(H,21,22,23);(H,6,7).